The Bertz CT molecular complexity index is 1210. The van der Waals surface area contributed by atoms with Crippen molar-refractivity contribution >= 4 is 29.5 Å². The molecule has 3 aromatic rings. The van der Waals surface area contributed by atoms with Gasteiger partial charge in [-0.2, -0.15) is 13.2 Å². The van der Waals surface area contributed by atoms with Crippen molar-refractivity contribution in [1.82, 2.24) is 19.9 Å². The van der Waals surface area contributed by atoms with Crippen LogP contribution in [0.4, 0.5) is 24.8 Å². The third-order valence-corrected chi connectivity index (χ3v) is 6.51. The summed E-state index contributed by atoms with van der Waals surface area (Å²) < 4.78 is 42.0. The lowest BCUT2D eigenvalue weighted by Crippen LogP contribution is -2.36. The Hall–Kier alpha value is -3.21. The number of amides is 1. The number of hydrogen-bond donors (Lipinski definition) is 2. The molecule has 0 aliphatic heterocycles. The molecule has 11 heteroatoms. The van der Waals surface area contributed by atoms with Crippen molar-refractivity contribution in [3.63, 3.8) is 0 Å². The van der Waals surface area contributed by atoms with Gasteiger partial charge in [0.05, 0.1) is 29.2 Å². The number of hydrogen-bond acceptors (Lipinski definition) is 7. The minimum Gasteiger partial charge on any atom is -0.325 e. The average Bonchev–Trinajstić information content (AvgIpc) is 3.63. The quantitative estimate of drug-likeness (QED) is 0.430. The number of aryl methyl sites for hydroxylation is 1. The second kappa shape index (κ2) is 9.21. The second-order valence-corrected chi connectivity index (χ2v) is 9.69. The van der Waals surface area contributed by atoms with Crippen LogP contribution in [0.2, 0.25) is 0 Å². The van der Waals surface area contributed by atoms with Crippen LogP contribution in [-0.2, 0) is 16.4 Å². The van der Waals surface area contributed by atoms with Crippen molar-refractivity contribution in [2.75, 3.05) is 10.0 Å². The van der Waals surface area contributed by atoms with Crippen LogP contribution in [0.25, 0.3) is 11.3 Å². The van der Waals surface area contributed by atoms with E-state index in [2.05, 4.69) is 30.0 Å². The molecule has 1 amide bonds. The summed E-state index contributed by atoms with van der Waals surface area (Å²) in [5.74, 6) is 0.180. The fraction of sp³-hybridized carbons (Fsp3) is 0.348. The maximum atomic E-state index is 13.1. The number of benzene rings is 1. The van der Waals surface area contributed by atoms with Crippen LogP contribution in [-0.4, -0.2) is 31.1 Å². The summed E-state index contributed by atoms with van der Waals surface area (Å²) in [5, 5.41) is 3.48. The summed E-state index contributed by atoms with van der Waals surface area (Å²) in [4.78, 5) is 29.2. The molecule has 0 radical (unpaired) electrons. The van der Waals surface area contributed by atoms with E-state index in [0.29, 0.717) is 39.9 Å². The second-order valence-electron chi connectivity index (χ2n) is 8.58. The topological polar surface area (TPSA) is 92.7 Å². The Morgan fingerprint density at radius 1 is 1.09 bits per heavy atom. The summed E-state index contributed by atoms with van der Waals surface area (Å²) in [6, 6.07) is 6.60. The molecule has 4 rings (SSSR count). The van der Waals surface area contributed by atoms with Gasteiger partial charge in [0.15, 0.2) is 5.69 Å². The molecule has 7 nitrogen and oxygen atoms in total. The van der Waals surface area contributed by atoms with E-state index in [1.54, 1.807) is 63.2 Å². The molecule has 0 unspecified atom stereocenters. The van der Waals surface area contributed by atoms with E-state index in [9.17, 15) is 18.0 Å². The average molecular weight is 489 g/mol. The monoisotopic (exact) mass is 488 g/mol. The van der Waals surface area contributed by atoms with E-state index >= 15 is 0 Å². The predicted molar refractivity (Wildman–Crippen MR) is 125 cm³/mol. The highest BCUT2D eigenvalue weighted by molar-refractivity contribution is 8.01. The van der Waals surface area contributed by atoms with Gasteiger partial charge in [0.1, 0.15) is 0 Å². The summed E-state index contributed by atoms with van der Waals surface area (Å²) in [5.41, 5.74) is 0.323. The van der Waals surface area contributed by atoms with Gasteiger partial charge in [-0.25, -0.2) is 15.0 Å². The lowest BCUT2D eigenvalue weighted by Gasteiger charge is -2.24. The van der Waals surface area contributed by atoms with E-state index in [0.717, 1.165) is 0 Å². The fourth-order valence-corrected chi connectivity index (χ4v) is 3.82. The van der Waals surface area contributed by atoms with Crippen molar-refractivity contribution in [1.29, 1.82) is 0 Å². The van der Waals surface area contributed by atoms with Crippen molar-refractivity contribution < 1.29 is 18.0 Å². The Kier molecular flexibility index (Phi) is 6.48. The molecule has 0 atom stereocenters. The Morgan fingerprint density at radius 3 is 2.53 bits per heavy atom. The lowest BCUT2D eigenvalue weighted by atomic mass is 9.87. The number of rotatable bonds is 7. The van der Waals surface area contributed by atoms with E-state index < -0.39 is 17.3 Å². The van der Waals surface area contributed by atoms with Gasteiger partial charge < -0.3 is 5.32 Å². The van der Waals surface area contributed by atoms with E-state index in [-0.39, 0.29) is 11.6 Å². The molecule has 1 aliphatic carbocycles. The first-order valence-corrected chi connectivity index (χ1v) is 11.5. The van der Waals surface area contributed by atoms with E-state index in [1.807, 2.05) is 0 Å². The molecule has 1 aromatic carbocycles. The molecule has 34 heavy (non-hydrogen) atoms. The van der Waals surface area contributed by atoms with Crippen LogP contribution in [0.3, 0.4) is 0 Å². The molecule has 2 N–H and O–H groups in total. The molecule has 0 bridgehead atoms. The molecular weight excluding hydrogens is 465 g/mol. The highest BCUT2D eigenvalue weighted by Crippen LogP contribution is 2.34. The summed E-state index contributed by atoms with van der Waals surface area (Å²) in [6.45, 7) is 5.30. The first-order valence-electron chi connectivity index (χ1n) is 10.6. The molecule has 2 heterocycles. The predicted octanol–water partition coefficient (Wildman–Crippen LogP) is 5.40. The number of halogens is 3. The van der Waals surface area contributed by atoms with Gasteiger partial charge in [0, 0.05) is 22.7 Å². The van der Waals surface area contributed by atoms with Crippen molar-refractivity contribution in [3.8, 4) is 11.3 Å². The van der Waals surface area contributed by atoms with Crippen molar-refractivity contribution in [2.24, 2.45) is 0 Å². The maximum Gasteiger partial charge on any atom is 0.434 e. The number of carbonyl (C=O) groups excluding carboxylic acids is 1. The fourth-order valence-electron chi connectivity index (χ4n) is 3.08. The molecular formula is C23H23F3N6OS. The van der Waals surface area contributed by atoms with Gasteiger partial charge in [-0.05, 0) is 69.3 Å². The molecule has 2 aromatic heterocycles. The summed E-state index contributed by atoms with van der Waals surface area (Å²) in [7, 11) is 0. The maximum absolute atomic E-state index is 13.1. The SMILES string of the molecule is Cc1cc(-c2cncc(C(F)(F)F)n2)ccc1NC(=O)C(C)(C)c1ccnc(NSC2CC2)n1. The van der Waals surface area contributed by atoms with Crippen LogP contribution in [0, 0.1) is 6.92 Å². The molecule has 1 saturated carbocycles. The number of aromatic nitrogens is 4. The van der Waals surface area contributed by atoms with Crippen molar-refractivity contribution in [2.45, 2.75) is 50.5 Å². The first kappa shape index (κ1) is 23.9. The smallest absolute Gasteiger partial charge is 0.325 e. The third-order valence-electron chi connectivity index (χ3n) is 5.40. The lowest BCUT2D eigenvalue weighted by molar-refractivity contribution is -0.141. The standard InChI is InChI=1S/C23H23F3N6OS/c1-13-10-14(17-11-27-12-19(29-17)23(24,25)26)4-7-16(13)30-20(33)22(2,3)18-8-9-28-21(31-18)32-34-15-5-6-15/h4,7-12,15H,5-6H2,1-3H3,(H,30,33)(H,28,31,32). The molecule has 1 aliphatic rings. The van der Waals surface area contributed by atoms with Crippen LogP contribution >= 0.6 is 11.9 Å². The highest BCUT2D eigenvalue weighted by Gasteiger charge is 2.34. The zero-order chi connectivity index (χ0) is 24.5. The zero-order valence-electron chi connectivity index (χ0n) is 18.8. The molecule has 0 saturated heterocycles. The number of alkyl halides is 3. The van der Waals surface area contributed by atoms with Crippen LogP contribution < -0.4 is 10.0 Å². The minimum atomic E-state index is -4.58. The number of anilines is 2. The van der Waals surface area contributed by atoms with Gasteiger partial charge in [0.25, 0.3) is 0 Å². The molecule has 178 valence electrons. The van der Waals surface area contributed by atoms with Crippen molar-refractivity contribution in [3.05, 3.63) is 59.8 Å². The molecule has 1 fully saturated rings. The summed E-state index contributed by atoms with van der Waals surface area (Å²) in [6.07, 6.45) is 1.33. The largest absolute Gasteiger partial charge is 0.434 e. The van der Waals surface area contributed by atoms with Gasteiger partial charge in [-0.3, -0.25) is 14.5 Å². The van der Waals surface area contributed by atoms with E-state index in [1.165, 1.54) is 19.0 Å². The van der Waals surface area contributed by atoms with Crippen LogP contribution in [0.15, 0.2) is 42.9 Å². The van der Waals surface area contributed by atoms with Gasteiger partial charge in [0.2, 0.25) is 11.9 Å². The number of carbonyl (C=O) groups is 1. The van der Waals surface area contributed by atoms with Gasteiger partial charge in [-0.15, -0.1) is 0 Å². The Labute approximate surface area is 199 Å². The first-order chi connectivity index (χ1) is 16.0. The van der Waals surface area contributed by atoms with Gasteiger partial charge in [-0.1, -0.05) is 6.07 Å². The normalized spacial score (nSPS) is 14.1. The third kappa shape index (κ3) is 5.46. The summed E-state index contributed by atoms with van der Waals surface area (Å²) >= 11 is 1.58. The zero-order valence-corrected chi connectivity index (χ0v) is 19.6. The van der Waals surface area contributed by atoms with Gasteiger partial charge >= 0.3 is 6.18 Å². The Balaban J connectivity index is 1.50. The highest BCUT2D eigenvalue weighted by atomic mass is 32.2. The van der Waals surface area contributed by atoms with Crippen LogP contribution in [0.5, 0.6) is 0 Å². The number of nitrogens with zero attached hydrogens (tertiary/aromatic N) is 4. The van der Waals surface area contributed by atoms with E-state index in [4.69, 9.17) is 0 Å². The Morgan fingerprint density at radius 2 is 1.85 bits per heavy atom. The number of nitrogens with one attached hydrogen (secondary N) is 2. The minimum absolute atomic E-state index is 0.0983. The molecule has 0 spiro atoms. The van der Waals surface area contributed by atoms with Crippen LogP contribution in [0.1, 0.15) is 43.6 Å².